The summed E-state index contributed by atoms with van der Waals surface area (Å²) >= 11 is 0. The molecule has 4 rings (SSSR count). The number of nitrogens with one attached hydrogen (secondary N) is 1. The first kappa shape index (κ1) is 17.4. The summed E-state index contributed by atoms with van der Waals surface area (Å²) < 4.78 is 32.1. The minimum atomic E-state index is -3.50. The zero-order chi connectivity index (χ0) is 18.0. The Morgan fingerprint density at radius 1 is 1.15 bits per heavy atom. The normalized spacial score (nSPS) is 22.5. The van der Waals surface area contributed by atoms with E-state index >= 15 is 0 Å². The maximum absolute atomic E-state index is 12.7. The highest BCUT2D eigenvalue weighted by Crippen LogP contribution is 2.28. The van der Waals surface area contributed by atoms with Crippen molar-refractivity contribution in [2.24, 2.45) is 0 Å². The highest BCUT2D eigenvalue weighted by Gasteiger charge is 2.28. The summed E-state index contributed by atoms with van der Waals surface area (Å²) in [6.07, 6.45) is 7.24. The zero-order valence-electron chi connectivity index (χ0n) is 14.5. The second-order valence-corrected chi connectivity index (χ2v) is 8.57. The number of pyridine rings is 1. The van der Waals surface area contributed by atoms with Crippen molar-refractivity contribution in [3.8, 4) is 0 Å². The Hall–Kier alpha value is -1.97. The number of piperidine rings is 1. The van der Waals surface area contributed by atoms with Crippen molar-refractivity contribution in [1.29, 1.82) is 0 Å². The summed E-state index contributed by atoms with van der Waals surface area (Å²) in [6.45, 7) is 3.40. The summed E-state index contributed by atoms with van der Waals surface area (Å²) in [7, 11) is -3.50. The highest BCUT2D eigenvalue weighted by molar-refractivity contribution is 7.89. The largest absolute Gasteiger partial charge is 0.379 e. The Morgan fingerprint density at radius 2 is 2.00 bits per heavy atom. The van der Waals surface area contributed by atoms with Crippen LogP contribution in [0, 0.1) is 0 Å². The molecule has 8 nitrogen and oxygen atoms in total. The van der Waals surface area contributed by atoms with Crippen LogP contribution >= 0.6 is 0 Å². The van der Waals surface area contributed by atoms with Gasteiger partial charge >= 0.3 is 0 Å². The highest BCUT2D eigenvalue weighted by atomic mass is 32.2. The summed E-state index contributed by atoms with van der Waals surface area (Å²) in [5.74, 6) is 2.15. The molecule has 0 bridgehead atoms. The average molecular weight is 377 g/mol. The Bertz CT molecular complexity index is 817. The molecule has 140 valence electrons. The molecule has 0 radical (unpaired) electrons. The van der Waals surface area contributed by atoms with Crippen LogP contribution in [0.1, 0.15) is 24.6 Å². The molecule has 26 heavy (non-hydrogen) atoms. The third-order valence-corrected chi connectivity index (χ3v) is 6.86. The van der Waals surface area contributed by atoms with E-state index in [1.807, 2.05) is 6.20 Å². The topological polar surface area (TPSA) is 91.4 Å². The number of aromatic nitrogens is 3. The number of morpholine rings is 1. The van der Waals surface area contributed by atoms with E-state index < -0.39 is 10.0 Å². The summed E-state index contributed by atoms with van der Waals surface area (Å²) in [5.41, 5.74) is 0. The van der Waals surface area contributed by atoms with Crippen molar-refractivity contribution in [3.05, 3.63) is 36.5 Å². The van der Waals surface area contributed by atoms with E-state index in [0.29, 0.717) is 32.2 Å². The lowest BCUT2D eigenvalue weighted by Crippen LogP contribution is -2.40. The van der Waals surface area contributed by atoms with Crippen molar-refractivity contribution >= 4 is 15.8 Å². The standard InChI is InChI=1S/C17H23N5O3S/c23-26(24,22-8-10-25-11-9-22)15-3-4-16(20-12-15)21-7-1-2-14(13-21)17-18-5-6-19-17/h3-6,12,14H,1-2,7-11,13H2,(H,18,19). The second-order valence-electron chi connectivity index (χ2n) is 6.63. The number of hydrogen-bond donors (Lipinski definition) is 1. The van der Waals surface area contributed by atoms with Crippen LogP contribution in [0.5, 0.6) is 0 Å². The fraction of sp³-hybridized carbons (Fsp3) is 0.529. The Kier molecular flexibility index (Phi) is 4.92. The molecule has 2 aliphatic rings. The van der Waals surface area contributed by atoms with Crippen LogP contribution in [-0.4, -0.2) is 67.1 Å². The maximum Gasteiger partial charge on any atom is 0.244 e. The Balaban J connectivity index is 1.48. The minimum Gasteiger partial charge on any atom is -0.379 e. The van der Waals surface area contributed by atoms with E-state index in [4.69, 9.17) is 4.74 Å². The molecule has 2 aromatic heterocycles. The Morgan fingerprint density at radius 3 is 2.69 bits per heavy atom. The van der Waals surface area contributed by atoms with Gasteiger partial charge in [0, 0.05) is 50.7 Å². The molecule has 1 unspecified atom stereocenters. The summed E-state index contributed by atoms with van der Waals surface area (Å²) in [5, 5.41) is 0. The van der Waals surface area contributed by atoms with E-state index in [-0.39, 0.29) is 4.90 Å². The van der Waals surface area contributed by atoms with Crippen molar-refractivity contribution in [2.45, 2.75) is 23.7 Å². The number of H-pyrrole nitrogens is 1. The fourth-order valence-electron chi connectivity index (χ4n) is 3.56. The fourth-order valence-corrected chi connectivity index (χ4v) is 4.91. The van der Waals surface area contributed by atoms with Gasteiger partial charge in [0.1, 0.15) is 16.5 Å². The van der Waals surface area contributed by atoms with Gasteiger partial charge in [-0.25, -0.2) is 18.4 Å². The number of sulfonamides is 1. The van der Waals surface area contributed by atoms with E-state index in [0.717, 1.165) is 37.6 Å². The predicted molar refractivity (Wildman–Crippen MR) is 96.6 cm³/mol. The molecule has 2 aromatic rings. The van der Waals surface area contributed by atoms with Crippen LogP contribution in [0.25, 0.3) is 0 Å². The first-order valence-corrected chi connectivity index (χ1v) is 10.4. The number of ether oxygens (including phenoxy) is 1. The van der Waals surface area contributed by atoms with Crippen LogP contribution in [0.3, 0.4) is 0 Å². The number of anilines is 1. The van der Waals surface area contributed by atoms with Crippen molar-refractivity contribution in [3.63, 3.8) is 0 Å². The van der Waals surface area contributed by atoms with Gasteiger partial charge in [-0.3, -0.25) is 0 Å². The predicted octanol–water partition coefficient (Wildman–Crippen LogP) is 1.21. The maximum atomic E-state index is 12.7. The van der Waals surface area contributed by atoms with Gasteiger partial charge in [0.15, 0.2) is 0 Å². The van der Waals surface area contributed by atoms with E-state index in [2.05, 4.69) is 19.9 Å². The van der Waals surface area contributed by atoms with Crippen LogP contribution in [-0.2, 0) is 14.8 Å². The molecule has 0 aromatic carbocycles. The lowest BCUT2D eigenvalue weighted by Gasteiger charge is -2.33. The SMILES string of the molecule is O=S(=O)(c1ccc(N2CCCC(c3ncc[nH]3)C2)nc1)N1CCOCC1. The van der Waals surface area contributed by atoms with Gasteiger partial charge < -0.3 is 14.6 Å². The van der Waals surface area contributed by atoms with E-state index in [1.54, 1.807) is 18.3 Å². The Labute approximate surface area is 153 Å². The molecule has 2 saturated heterocycles. The van der Waals surface area contributed by atoms with Crippen molar-refractivity contribution in [1.82, 2.24) is 19.3 Å². The first-order valence-electron chi connectivity index (χ1n) is 8.93. The molecule has 0 spiro atoms. The monoisotopic (exact) mass is 377 g/mol. The molecule has 0 amide bonds. The molecule has 0 aliphatic carbocycles. The smallest absolute Gasteiger partial charge is 0.244 e. The van der Waals surface area contributed by atoms with Gasteiger partial charge in [0.2, 0.25) is 10.0 Å². The van der Waals surface area contributed by atoms with Crippen LogP contribution < -0.4 is 4.90 Å². The molecular weight excluding hydrogens is 354 g/mol. The second kappa shape index (κ2) is 7.34. The van der Waals surface area contributed by atoms with Gasteiger partial charge in [0.05, 0.1) is 13.2 Å². The average Bonchev–Trinajstić information content (AvgIpc) is 3.24. The van der Waals surface area contributed by atoms with Crippen LogP contribution in [0.15, 0.2) is 35.6 Å². The molecule has 2 aliphatic heterocycles. The zero-order valence-corrected chi connectivity index (χ0v) is 15.4. The molecule has 4 heterocycles. The van der Waals surface area contributed by atoms with Gasteiger partial charge in [-0.1, -0.05) is 0 Å². The van der Waals surface area contributed by atoms with Gasteiger partial charge in [0.25, 0.3) is 0 Å². The lowest BCUT2D eigenvalue weighted by atomic mass is 9.97. The van der Waals surface area contributed by atoms with E-state index in [1.165, 1.54) is 10.5 Å². The number of rotatable bonds is 4. The number of aromatic amines is 1. The molecule has 0 saturated carbocycles. The van der Waals surface area contributed by atoms with Gasteiger partial charge in [-0.2, -0.15) is 4.31 Å². The first-order chi connectivity index (χ1) is 12.6. The molecular formula is C17H23N5O3S. The van der Waals surface area contributed by atoms with Gasteiger partial charge in [-0.05, 0) is 25.0 Å². The summed E-state index contributed by atoms with van der Waals surface area (Å²) in [4.78, 5) is 14.4. The molecule has 1 atom stereocenters. The third-order valence-electron chi connectivity index (χ3n) is 4.98. The minimum absolute atomic E-state index is 0.239. The molecule has 2 fully saturated rings. The summed E-state index contributed by atoms with van der Waals surface area (Å²) in [6, 6.07) is 3.46. The lowest BCUT2D eigenvalue weighted by molar-refractivity contribution is 0.0730. The van der Waals surface area contributed by atoms with Crippen LogP contribution in [0.2, 0.25) is 0 Å². The quantitative estimate of drug-likeness (QED) is 0.861. The van der Waals surface area contributed by atoms with Crippen molar-refractivity contribution < 1.29 is 13.2 Å². The van der Waals surface area contributed by atoms with E-state index in [9.17, 15) is 8.42 Å². The number of hydrogen-bond acceptors (Lipinski definition) is 6. The van der Waals surface area contributed by atoms with Crippen LogP contribution in [0.4, 0.5) is 5.82 Å². The number of nitrogens with zero attached hydrogens (tertiary/aromatic N) is 4. The third kappa shape index (κ3) is 3.46. The molecule has 1 N–H and O–H groups in total. The van der Waals surface area contributed by atoms with Gasteiger partial charge in [-0.15, -0.1) is 0 Å². The number of imidazole rings is 1. The molecule has 9 heteroatoms. The van der Waals surface area contributed by atoms with Crippen molar-refractivity contribution in [2.75, 3.05) is 44.3 Å².